The van der Waals surface area contributed by atoms with Crippen LogP contribution in [-0.2, 0) is 19.1 Å². The molecule has 3 aliphatic heterocycles. The van der Waals surface area contributed by atoms with Crippen molar-refractivity contribution in [2.24, 2.45) is 5.92 Å². The number of rotatable bonds is 8. The monoisotopic (exact) mass is 570 g/mol. The molecule has 1 unspecified atom stereocenters. The number of anilines is 3. The molecule has 3 heterocycles. The number of likely N-dealkylation sites (tertiary alicyclic amines) is 1. The van der Waals surface area contributed by atoms with Gasteiger partial charge in [-0.1, -0.05) is 6.07 Å². The first kappa shape index (κ1) is 30.6. The van der Waals surface area contributed by atoms with Gasteiger partial charge in [0.1, 0.15) is 11.6 Å². The standard InChI is InChI=1S/C30H46N6O5/c1-30(2,3)41-29(40)35-15-12-22(13-16-35)11-14-33-17-19-34(20-18-33)23-7-6-8-24(27(23)32(4)5)36(21-37)25-9-10-26(38)31-28(25)39/h6-8,21-22,25H,9-20H2,1-5H3,(H,31,38,39). The molecule has 1 atom stereocenters. The van der Waals surface area contributed by atoms with Gasteiger partial charge in [-0.05, 0) is 71.0 Å². The molecule has 0 radical (unpaired) electrons. The summed E-state index contributed by atoms with van der Waals surface area (Å²) in [5, 5.41) is 2.37. The first-order valence-electron chi connectivity index (χ1n) is 14.8. The molecule has 0 spiro atoms. The van der Waals surface area contributed by atoms with Crippen LogP contribution in [0, 0.1) is 5.92 Å². The third-order valence-corrected chi connectivity index (χ3v) is 8.21. The summed E-state index contributed by atoms with van der Waals surface area (Å²) in [4.78, 5) is 59.0. The van der Waals surface area contributed by atoms with Crippen molar-refractivity contribution < 1.29 is 23.9 Å². The van der Waals surface area contributed by atoms with E-state index in [1.54, 1.807) is 0 Å². The number of amides is 4. The van der Waals surface area contributed by atoms with Gasteiger partial charge in [-0.15, -0.1) is 0 Å². The summed E-state index contributed by atoms with van der Waals surface area (Å²) in [5.41, 5.74) is 2.11. The fourth-order valence-corrected chi connectivity index (χ4v) is 6.00. The van der Waals surface area contributed by atoms with Crippen LogP contribution in [0.3, 0.4) is 0 Å². The third-order valence-electron chi connectivity index (χ3n) is 8.21. The second-order valence-electron chi connectivity index (χ2n) is 12.5. The molecule has 11 nitrogen and oxygen atoms in total. The van der Waals surface area contributed by atoms with Crippen LogP contribution in [0.4, 0.5) is 21.9 Å². The summed E-state index contributed by atoms with van der Waals surface area (Å²) in [6.45, 7) is 11.9. The molecule has 0 aliphatic carbocycles. The molecule has 3 saturated heterocycles. The van der Waals surface area contributed by atoms with Gasteiger partial charge in [-0.25, -0.2) is 4.79 Å². The Morgan fingerprint density at radius 1 is 1.05 bits per heavy atom. The van der Waals surface area contributed by atoms with Crippen molar-refractivity contribution in [3.8, 4) is 0 Å². The summed E-state index contributed by atoms with van der Waals surface area (Å²) in [5.74, 6) is -0.124. The van der Waals surface area contributed by atoms with Gasteiger partial charge in [-0.2, -0.15) is 0 Å². The topological polar surface area (TPSA) is 106 Å². The molecule has 3 fully saturated rings. The lowest BCUT2D eigenvalue weighted by Gasteiger charge is -2.40. The molecule has 226 valence electrons. The molecule has 1 N–H and O–H groups in total. The summed E-state index contributed by atoms with van der Waals surface area (Å²) in [6, 6.07) is 5.14. The van der Waals surface area contributed by atoms with Crippen LogP contribution in [0.5, 0.6) is 0 Å². The van der Waals surface area contributed by atoms with E-state index in [2.05, 4.69) is 21.2 Å². The number of para-hydroxylation sites is 1. The smallest absolute Gasteiger partial charge is 0.410 e. The normalized spacial score (nSPS) is 21.0. The number of ether oxygens (including phenoxy) is 1. The summed E-state index contributed by atoms with van der Waals surface area (Å²) in [7, 11) is 3.89. The van der Waals surface area contributed by atoms with E-state index in [0.717, 1.165) is 76.5 Å². The van der Waals surface area contributed by atoms with Crippen LogP contribution in [0.25, 0.3) is 0 Å². The Morgan fingerprint density at radius 2 is 1.73 bits per heavy atom. The zero-order chi connectivity index (χ0) is 29.7. The molecular weight excluding hydrogens is 524 g/mol. The Balaban J connectivity index is 1.33. The number of hydrogen-bond donors (Lipinski definition) is 1. The van der Waals surface area contributed by atoms with E-state index in [4.69, 9.17) is 4.74 Å². The number of hydrogen-bond acceptors (Lipinski definition) is 8. The Hall–Kier alpha value is -3.34. The van der Waals surface area contributed by atoms with Crippen LogP contribution >= 0.6 is 0 Å². The summed E-state index contributed by atoms with van der Waals surface area (Å²) >= 11 is 0. The molecular formula is C30H46N6O5. The number of piperazine rings is 1. The van der Waals surface area contributed by atoms with Crippen molar-refractivity contribution in [1.82, 2.24) is 15.1 Å². The minimum Gasteiger partial charge on any atom is -0.444 e. The van der Waals surface area contributed by atoms with Gasteiger partial charge >= 0.3 is 6.09 Å². The Labute approximate surface area is 243 Å². The quantitative estimate of drug-likeness (QED) is 0.376. The minimum atomic E-state index is -0.716. The maximum absolute atomic E-state index is 12.6. The molecule has 41 heavy (non-hydrogen) atoms. The fraction of sp³-hybridized carbons (Fsp3) is 0.667. The van der Waals surface area contributed by atoms with E-state index in [1.165, 1.54) is 4.90 Å². The Morgan fingerprint density at radius 3 is 2.32 bits per heavy atom. The second kappa shape index (κ2) is 13.1. The van der Waals surface area contributed by atoms with Crippen LogP contribution in [0.1, 0.15) is 52.9 Å². The predicted octanol–water partition coefficient (Wildman–Crippen LogP) is 2.68. The lowest BCUT2D eigenvalue weighted by atomic mass is 9.93. The zero-order valence-corrected chi connectivity index (χ0v) is 25.2. The maximum Gasteiger partial charge on any atom is 0.410 e. The Bertz CT molecular complexity index is 1100. The molecule has 4 rings (SSSR count). The van der Waals surface area contributed by atoms with Gasteiger partial charge in [0.2, 0.25) is 18.2 Å². The number of carbonyl (C=O) groups is 4. The van der Waals surface area contributed by atoms with Crippen molar-refractivity contribution in [3.05, 3.63) is 18.2 Å². The van der Waals surface area contributed by atoms with Crippen molar-refractivity contribution >= 4 is 41.4 Å². The third kappa shape index (κ3) is 7.69. The van der Waals surface area contributed by atoms with E-state index in [0.29, 0.717) is 24.4 Å². The molecule has 4 amide bonds. The summed E-state index contributed by atoms with van der Waals surface area (Å²) < 4.78 is 5.52. The SMILES string of the molecule is CN(C)c1c(N2CCN(CCC3CCN(C(=O)OC(C)(C)C)CC3)CC2)cccc1N(C=O)C1CCC(=O)NC1=O. The molecule has 1 aromatic rings. The fourth-order valence-electron chi connectivity index (χ4n) is 6.00. The summed E-state index contributed by atoms with van der Waals surface area (Å²) in [6.07, 6.45) is 4.16. The average molecular weight is 571 g/mol. The van der Waals surface area contributed by atoms with Gasteiger partial charge in [0.05, 0.1) is 17.1 Å². The van der Waals surface area contributed by atoms with E-state index in [-0.39, 0.29) is 18.4 Å². The lowest BCUT2D eigenvalue weighted by Crippen LogP contribution is -2.52. The highest BCUT2D eigenvalue weighted by atomic mass is 16.6. The minimum absolute atomic E-state index is 0.207. The number of nitrogens with zero attached hydrogens (tertiary/aromatic N) is 5. The molecule has 0 bridgehead atoms. The van der Waals surface area contributed by atoms with Crippen molar-refractivity contribution in [1.29, 1.82) is 0 Å². The van der Waals surface area contributed by atoms with Crippen molar-refractivity contribution in [2.75, 3.05) is 74.6 Å². The number of carbonyl (C=O) groups excluding carboxylic acids is 4. The highest BCUT2D eigenvalue weighted by Crippen LogP contribution is 2.39. The highest BCUT2D eigenvalue weighted by Gasteiger charge is 2.34. The van der Waals surface area contributed by atoms with Crippen LogP contribution < -0.4 is 20.0 Å². The second-order valence-corrected chi connectivity index (χ2v) is 12.5. The Kier molecular flexibility index (Phi) is 9.78. The van der Waals surface area contributed by atoms with Gasteiger partial charge < -0.3 is 24.3 Å². The predicted molar refractivity (Wildman–Crippen MR) is 159 cm³/mol. The van der Waals surface area contributed by atoms with Crippen LogP contribution in [0.2, 0.25) is 0 Å². The highest BCUT2D eigenvalue weighted by molar-refractivity contribution is 6.05. The van der Waals surface area contributed by atoms with Gasteiger partial charge in [0.25, 0.3) is 0 Å². The molecule has 11 heteroatoms. The number of benzene rings is 1. The lowest BCUT2D eigenvalue weighted by molar-refractivity contribution is -0.134. The maximum atomic E-state index is 12.6. The number of imide groups is 1. The van der Waals surface area contributed by atoms with Crippen LogP contribution in [-0.4, -0.2) is 106 Å². The van der Waals surface area contributed by atoms with E-state index in [1.807, 2.05) is 56.8 Å². The van der Waals surface area contributed by atoms with E-state index in [9.17, 15) is 19.2 Å². The zero-order valence-electron chi connectivity index (χ0n) is 25.2. The molecule has 1 aromatic carbocycles. The molecule has 0 aromatic heterocycles. The average Bonchev–Trinajstić information content (AvgIpc) is 2.93. The number of piperidine rings is 2. The van der Waals surface area contributed by atoms with Gasteiger partial charge in [-0.3, -0.25) is 24.6 Å². The largest absolute Gasteiger partial charge is 0.444 e. The first-order chi connectivity index (χ1) is 19.5. The van der Waals surface area contributed by atoms with Crippen molar-refractivity contribution in [3.63, 3.8) is 0 Å². The van der Waals surface area contributed by atoms with Crippen LogP contribution in [0.15, 0.2) is 18.2 Å². The molecule has 0 saturated carbocycles. The number of nitrogens with one attached hydrogen (secondary N) is 1. The van der Waals surface area contributed by atoms with Gasteiger partial charge in [0, 0.05) is 59.8 Å². The van der Waals surface area contributed by atoms with E-state index < -0.39 is 17.6 Å². The molecule has 3 aliphatic rings. The van der Waals surface area contributed by atoms with E-state index >= 15 is 0 Å². The van der Waals surface area contributed by atoms with Gasteiger partial charge in [0.15, 0.2) is 0 Å². The van der Waals surface area contributed by atoms with Crippen molar-refractivity contribution in [2.45, 2.75) is 64.5 Å². The first-order valence-corrected chi connectivity index (χ1v) is 14.8.